The number of rotatable bonds is 3. The molecule has 1 aliphatic heterocycles. The van der Waals surface area contributed by atoms with Crippen molar-refractivity contribution in [3.8, 4) is 0 Å². The lowest BCUT2D eigenvalue weighted by Gasteiger charge is -2.33. The molecule has 0 radical (unpaired) electrons. The van der Waals surface area contributed by atoms with Gasteiger partial charge in [0.05, 0.1) is 4.90 Å². The van der Waals surface area contributed by atoms with Gasteiger partial charge in [0, 0.05) is 34.5 Å². The monoisotopic (exact) mass is 353 g/mol. The molecular weight excluding hydrogens is 337 g/mol. The molecule has 1 heterocycles. The van der Waals surface area contributed by atoms with Crippen molar-refractivity contribution in [3.63, 3.8) is 0 Å². The van der Waals surface area contributed by atoms with Crippen LogP contribution in [0.2, 0.25) is 5.02 Å². The summed E-state index contributed by atoms with van der Waals surface area (Å²) in [5.74, 6) is 0.199. The van der Waals surface area contributed by atoms with Gasteiger partial charge in [-0.2, -0.15) is 16.1 Å². The van der Waals surface area contributed by atoms with Gasteiger partial charge < -0.3 is 0 Å². The van der Waals surface area contributed by atoms with E-state index in [2.05, 4.69) is 13.8 Å². The van der Waals surface area contributed by atoms with Crippen LogP contribution in [0.4, 0.5) is 0 Å². The summed E-state index contributed by atoms with van der Waals surface area (Å²) in [6.07, 6.45) is 0. The molecule has 1 aliphatic rings. The molecule has 0 spiro atoms. The Morgan fingerprint density at radius 1 is 1.30 bits per heavy atom. The van der Waals surface area contributed by atoms with E-state index in [9.17, 15) is 8.42 Å². The number of alkyl halides is 1. The normalized spacial score (nSPS) is 24.8. The minimum Gasteiger partial charge on any atom is -0.207 e. The molecule has 1 aromatic carbocycles. The molecule has 0 aliphatic carbocycles. The molecule has 0 aromatic heterocycles. The van der Waals surface area contributed by atoms with E-state index < -0.39 is 10.0 Å². The maximum absolute atomic E-state index is 12.7. The van der Waals surface area contributed by atoms with Gasteiger partial charge in [-0.05, 0) is 23.8 Å². The van der Waals surface area contributed by atoms with Crippen LogP contribution in [0.1, 0.15) is 19.4 Å². The first-order valence-electron chi connectivity index (χ1n) is 6.34. The molecule has 112 valence electrons. The summed E-state index contributed by atoms with van der Waals surface area (Å²) < 4.78 is 26.9. The van der Waals surface area contributed by atoms with Crippen molar-refractivity contribution in [2.75, 3.05) is 13.1 Å². The third-order valence-corrected chi connectivity index (χ3v) is 6.90. The maximum atomic E-state index is 12.7. The molecule has 7 heteroatoms. The van der Waals surface area contributed by atoms with E-state index in [-0.39, 0.29) is 10.8 Å². The topological polar surface area (TPSA) is 37.4 Å². The van der Waals surface area contributed by atoms with Crippen LogP contribution in [0.5, 0.6) is 0 Å². The second kappa shape index (κ2) is 6.44. The van der Waals surface area contributed by atoms with Crippen LogP contribution in [0, 0.1) is 0 Å². The molecule has 3 nitrogen and oxygen atoms in total. The zero-order valence-corrected chi connectivity index (χ0v) is 14.5. The summed E-state index contributed by atoms with van der Waals surface area (Å²) in [5.41, 5.74) is 0.641. The Morgan fingerprint density at radius 2 is 1.90 bits per heavy atom. The largest absolute Gasteiger partial charge is 0.243 e. The zero-order valence-electron chi connectivity index (χ0n) is 11.3. The second-order valence-electron chi connectivity index (χ2n) is 4.97. The predicted octanol–water partition coefficient (Wildman–Crippen LogP) is 3.59. The summed E-state index contributed by atoms with van der Waals surface area (Å²) in [4.78, 5) is 0.267. The predicted molar refractivity (Wildman–Crippen MR) is 86.3 cm³/mol. The SMILES string of the molecule is CC1CN(S(=O)(=O)c2ccc(Cl)c(CCl)c2)CC(C)S1. The average molecular weight is 354 g/mol. The highest BCUT2D eigenvalue weighted by molar-refractivity contribution is 8.00. The molecule has 1 saturated heterocycles. The van der Waals surface area contributed by atoms with Gasteiger partial charge in [-0.3, -0.25) is 0 Å². The fraction of sp³-hybridized carbons (Fsp3) is 0.538. The molecule has 1 aromatic rings. The molecule has 20 heavy (non-hydrogen) atoms. The van der Waals surface area contributed by atoms with E-state index in [1.54, 1.807) is 22.5 Å². The fourth-order valence-corrected chi connectivity index (χ4v) is 5.95. The van der Waals surface area contributed by atoms with Crippen molar-refractivity contribution in [1.29, 1.82) is 0 Å². The van der Waals surface area contributed by atoms with Gasteiger partial charge in [-0.1, -0.05) is 25.4 Å². The van der Waals surface area contributed by atoms with Crippen LogP contribution in [-0.4, -0.2) is 36.3 Å². The van der Waals surface area contributed by atoms with E-state index in [0.717, 1.165) is 0 Å². The van der Waals surface area contributed by atoms with Crippen molar-refractivity contribution < 1.29 is 8.42 Å². The summed E-state index contributed by atoms with van der Waals surface area (Å²) >= 11 is 13.6. The van der Waals surface area contributed by atoms with Crippen molar-refractivity contribution >= 4 is 45.0 Å². The van der Waals surface area contributed by atoms with Crippen LogP contribution in [0.15, 0.2) is 23.1 Å². The second-order valence-corrected chi connectivity index (χ2v) is 9.46. The van der Waals surface area contributed by atoms with Gasteiger partial charge in [0.15, 0.2) is 0 Å². The standard InChI is InChI=1S/C13H17Cl2NO2S2/c1-9-7-16(8-10(2)19-9)20(17,18)12-3-4-13(15)11(5-12)6-14/h3-5,9-10H,6-8H2,1-2H3. The summed E-state index contributed by atoms with van der Waals surface area (Å²) in [7, 11) is -3.47. The van der Waals surface area contributed by atoms with Gasteiger partial charge in [-0.25, -0.2) is 8.42 Å². The highest BCUT2D eigenvalue weighted by atomic mass is 35.5. The van der Waals surface area contributed by atoms with Gasteiger partial charge in [0.25, 0.3) is 0 Å². The smallest absolute Gasteiger partial charge is 0.207 e. The molecule has 2 rings (SSSR count). The summed E-state index contributed by atoms with van der Waals surface area (Å²) in [6, 6.07) is 4.71. The third kappa shape index (κ3) is 3.45. The van der Waals surface area contributed by atoms with E-state index in [1.807, 2.05) is 11.8 Å². The van der Waals surface area contributed by atoms with E-state index >= 15 is 0 Å². The first-order chi connectivity index (χ1) is 9.34. The number of benzene rings is 1. The number of nitrogens with zero attached hydrogens (tertiary/aromatic N) is 1. The van der Waals surface area contributed by atoms with E-state index in [4.69, 9.17) is 23.2 Å². The quantitative estimate of drug-likeness (QED) is 0.779. The number of sulfonamides is 1. The zero-order chi connectivity index (χ0) is 14.9. The average Bonchev–Trinajstić information content (AvgIpc) is 2.37. The van der Waals surface area contributed by atoms with Crippen molar-refractivity contribution in [2.24, 2.45) is 0 Å². The van der Waals surface area contributed by atoms with Crippen LogP contribution in [0.25, 0.3) is 0 Å². The Morgan fingerprint density at radius 3 is 2.45 bits per heavy atom. The summed E-state index contributed by atoms with van der Waals surface area (Å²) in [5, 5.41) is 1.09. The van der Waals surface area contributed by atoms with Crippen molar-refractivity contribution in [2.45, 2.75) is 35.1 Å². The molecule has 2 atom stereocenters. The Kier molecular flexibility index (Phi) is 5.29. The Hall–Kier alpha value is 0.0600. The highest BCUT2D eigenvalue weighted by Gasteiger charge is 2.32. The van der Waals surface area contributed by atoms with Gasteiger partial charge >= 0.3 is 0 Å². The molecular formula is C13H17Cl2NO2S2. The first-order valence-corrected chi connectivity index (χ1v) is 9.64. The van der Waals surface area contributed by atoms with E-state index in [1.165, 1.54) is 0 Å². The molecule has 1 fully saturated rings. The molecule has 0 N–H and O–H groups in total. The number of thioether (sulfide) groups is 1. The lowest BCUT2D eigenvalue weighted by molar-refractivity contribution is 0.405. The maximum Gasteiger partial charge on any atom is 0.243 e. The molecule has 0 amide bonds. The van der Waals surface area contributed by atoms with Crippen LogP contribution in [-0.2, 0) is 15.9 Å². The molecule has 2 unspecified atom stereocenters. The number of hydrogen-bond donors (Lipinski definition) is 0. The Bertz CT molecular complexity index is 582. The fourth-order valence-electron chi connectivity index (χ4n) is 2.29. The minimum absolute atomic E-state index is 0.199. The molecule has 0 bridgehead atoms. The van der Waals surface area contributed by atoms with Crippen molar-refractivity contribution in [3.05, 3.63) is 28.8 Å². The molecule has 0 saturated carbocycles. The highest BCUT2D eigenvalue weighted by Crippen LogP contribution is 2.30. The minimum atomic E-state index is -3.47. The van der Waals surface area contributed by atoms with Crippen LogP contribution < -0.4 is 0 Å². The van der Waals surface area contributed by atoms with Crippen LogP contribution in [0.3, 0.4) is 0 Å². The Labute approximate surface area is 134 Å². The number of halogens is 2. The van der Waals surface area contributed by atoms with Crippen LogP contribution >= 0.6 is 35.0 Å². The lowest BCUT2D eigenvalue weighted by Crippen LogP contribution is -2.43. The first kappa shape index (κ1) is 16.4. The summed E-state index contributed by atoms with van der Waals surface area (Å²) in [6.45, 7) is 5.18. The number of hydrogen-bond acceptors (Lipinski definition) is 3. The van der Waals surface area contributed by atoms with Gasteiger partial charge in [-0.15, -0.1) is 11.6 Å². The van der Waals surface area contributed by atoms with Gasteiger partial charge in [0.1, 0.15) is 0 Å². The van der Waals surface area contributed by atoms with Gasteiger partial charge in [0.2, 0.25) is 10.0 Å². The van der Waals surface area contributed by atoms with E-state index in [0.29, 0.717) is 34.2 Å². The lowest BCUT2D eigenvalue weighted by atomic mass is 10.2. The third-order valence-electron chi connectivity index (χ3n) is 3.19. The Balaban J connectivity index is 2.34. The van der Waals surface area contributed by atoms with Crippen molar-refractivity contribution in [1.82, 2.24) is 4.31 Å².